The van der Waals surface area contributed by atoms with E-state index in [2.05, 4.69) is 15.0 Å². The van der Waals surface area contributed by atoms with Gasteiger partial charge < -0.3 is 29.3 Å². The highest BCUT2D eigenvalue weighted by molar-refractivity contribution is 5.71. The number of hydrogen-bond acceptors (Lipinski definition) is 7. The van der Waals surface area contributed by atoms with E-state index in [0.717, 1.165) is 11.4 Å². The number of benzene rings is 1. The second kappa shape index (κ2) is 9.52. The summed E-state index contributed by atoms with van der Waals surface area (Å²) in [6.07, 6.45) is 0.00498. The van der Waals surface area contributed by atoms with Gasteiger partial charge in [0.25, 0.3) is 0 Å². The fraction of sp³-hybridized carbons (Fsp3) is 0.600. The van der Waals surface area contributed by atoms with Crippen molar-refractivity contribution < 1.29 is 23.8 Å². The SMILES string of the molecule is COC(=O)CCNc1cc(N2CCN(C(=O)OC(C)(C)C)CC2)ccc1OC. The predicted molar refractivity (Wildman–Crippen MR) is 108 cm³/mol. The van der Waals surface area contributed by atoms with Gasteiger partial charge in [-0.25, -0.2) is 4.79 Å². The van der Waals surface area contributed by atoms with E-state index in [1.165, 1.54) is 7.11 Å². The van der Waals surface area contributed by atoms with Gasteiger partial charge in [-0.05, 0) is 39.0 Å². The first kappa shape index (κ1) is 21.7. The second-order valence-corrected chi connectivity index (χ2v) is 7.59. The molecule has 1 aliphatic heterocycles. The number of piperazine rings is 1. The van der Waals surface area contributed by atoms with Gasteiger partial charge in [-0.15, -0.1) is 0 Å². The summed E-state index contributed by atoms with van der Waals surface area (Å²) in [6, 6.07) is 5.89. The first-order chi connectivity index (χ1) is 13.2. The highest BCUT2D eigenvalue weighted by Gasteiger charge is 2.26. The molecule has 1 aliphatic rings. The molecular weight excluding hydrogens is 362 g/mol. The van der Waals surface area contributed by atoms with Crippen molar-refractivity contribution in [3.05, 3.63) is 18.2 Å². The van der Waals surface area contributed by atoms with Crippen LogP contribution in [0.1, 0.15) is 27.2 Å². The van der Waals surface area contributed by atoms with E-state index in [0.29, 0.717) is 38.5 Å². The Bertz CT molecular complexity index is 679. The van der Waals surface area contributed by atoms with Crippen LogP contribution in [0.4, 0.5) is 16.2 Å². The van der Waals surface area contributed by atoms with E-state index >= 15 is 0 Å². The summed E-state index contributed by atoms with van der Waals surface area (Å²) >= 11 is 0. The van der Waals surface area contributed by atoms with Crippen LogP contribution in [-0.4, -0.2) is 69.5 Å². The lowest BCUT2D eigenvalue weighted by atomic mass is 10.2. The van der Waals surface area contributed by atoms with Crippen molar-refractivity contribution in [1.82, 2.24) is 4.90 Å². The van der Waals surface area contributed by atoms with Gasteiger partial charge in [0.15, 0.2) is 0 Å². The van der Waals surface area contributed by atoms with E-state index in [-0.39, 0.29) is 18.5 Å². The molecule has 1 amide bonds. The van der Waals surface area contributed by atoms with Crippen molar-refractivity contribution >= 4 is 23.4 Å². The number of esters is 1. The number of ether oxygens (including phenoxy) is 3. The van der Waals surface area contributed by atoms with E-state index in [4.69, 9.17) is 9.47 Å². The van der Waals surface area contributed by atoms with Crippen molar-refractivity contribution in [3.63, 3.8) is 0 Å². The van der Waals surface area contributed by atoms with Crippen molar-refractivity contribution in [2.75, 3.05) is 57.2 Å². The Morgan fingerprint density at radius 2 is 1.79 bits per heavy atom. The molecule has 8 nitrogen and oxygen atoms in total. The van der Waals surface area contributed by atoms with Gasteiger partial charge in [0.05, 0.1) is 26.3 Å². The summed E-state index contributed by atoms with van der Waals surface area (Å²) in [4.78, 5) is 27.5. The summed E-state index contributed by atoms with van der Waals surface area (Å²) in [7, 11) is 2.99. The van der Waals surface area contributed by atoms with E-state index < -0.39 is 5.60 Å². The van der Waals surface area contributed by atoms with Crippen molar-refractivity contribution in [3.8, 4) is 5.75 Å². The molecule has 1 heterocycles. The van der Waals surface area contributed by atoms with Crippen LogP contribution < -0.4 is 15.0 Å². The summed E-state index contributed by atoms with van der Waals surface area (Å²) in [5.41, 5.74) is 1.36. The Kier molecular flexibility index (Phi) is 7.37. The molecule has 0 saturated carbocycles. The van der Waals surface area contributed by atoms with Crippen LogP contribution in [-0.2, 0) is 14.3 Å². The molecule has 0 aromatic heterocycles. The lowest BCUT2D eigenvalue weighted by Crippen LogP contribution is -2.50. The third-order valence-electron chi connectivity index (χ3n) is 4.35. The first-order valence-electron chi connectivity index (χ1n) is 9.45. The molecular formula is C20H31N3O5. The number of anilines is 2. The third-order valence-corrected chi connectivity index (χ3v) is 4.35. The van der Waals surface area contributed by atoms with Gasteiger partial charge in [0.1, 0.15) is 11.4 Å². The van der Waals surface area contributed by atoms with Gasteiger partial charge in [0, 0.05) is 38.4 Å². The lowest BCUT2D eigenvalue weighted by molar-refractivity contribution is -0.140. The lowest BCUT2D eigenvalue weighted by Gasteiger charge is -2.37. The molecule has 1 saturated heterocycles. The fourth-order valence-corrected chi connectivity index (χ4v) is 2.91. The van der Waals surface area contributed by atoms with Gasteiger partial charge >= 0.3 is 12.1 Å². The maximum absolute atomic E-state index is 12.2. The number of carbonyl (C=O) groups is 2. The van der Waals surface area contributed by atoms with Gasteiger partial charge in [0.2, 0.25) is 0 Å². The molecule has 0 aliphatic carbocycles. The average Bonchev–Trinajstić information content (AvgIpc) is 2.66. The maximum atomic E-state index is 12.2. The van der Waals surface area contributed by atoms with Crippen LogP contribution in [0, 0.1) is 0 Å². The third kappa shape index (κ3) is 6.21. The number of nitrogens with one attached hydrogen (secondary N) is 1. The van der Waals surface area contributed by atoms with Crippen LogP contribution in [0.2, 0.25) is 0 Å². The predicted octanol–water partition coefficient (Wildman–Crippen LogP) is 2.73. The molecule has 0 bridgehead atoms. The van der Waals surface area contributed by atoms with E-state index in [9.17, 15) is 9.59 Å². The molecule has 1 fully saturated rings. The van der Waals surface area contributed by atoms with Gasteiger partial charge in [-0.2, -0.15) is 0 Å². The Morgan fingerprint density at radius 1 is 1.11 bits per heavy atom. The molecule has 1 aromatic rings. The monoisotopic (exact) mass is 393 g/mol. The number of hydrogen-bond donors (Lipinski definition) is 1. The molecule has 28 heavy (non-hydrogen) atoms. The summed E-state index contributed by atoms with van der Waals surface area (Å²) in [5.74, 6) is 0.446. The Morgan fingerprint density at radius 3 is 2.36 bits per heavy atom. The molecule has 1 aromatic carbocycles. The van der Waals surface area contributed by atoms with Crippen LogP contribution >= 0.6 is 0 Å². The minimum atomic E-state index is -0.491. The molecule has 1 N–H and O–H groups in total. The molecule has 0 atom stereocenters. The zero-order chi connectivity index (χ0) is 20.7. The van der Waals surface area contributed by atoms with Crippen molar-refractivity contribution in [1.29, 1.82) is 0 Å². The Hall–Kier alpha value is -2.64. The van der Waals surface area contributed by atoms with Gasteiger partial charge in [-0.1, -0.05) is 0 Å². The topological polar surface area (TPSA) is 80.3 Å². The minimum absolute atomic E-state index is 0.263. The number of methoxy groups -OCH3 is 2. The van der Waals surface area contributed by atoms with Crippen LogP contribution in [0.5, 0.6) is 5.75 Å². The summed E-state index contributed by atoms with van der Waals surface area (Å²) in [5, 5.41) is 3.22. The largest absolute Gasteiger partial charge is 0.495 e. The smallest absolute Gasteiger partial charge is 0.410 e. The highest BCUT2D eigenvalue weighted by Crippen LogP contribution is 2.30. The number of nitrogens with zero attached hydrogens (tertiary/aromatic N) is 2. The molecule has 8 heteroatoms. The number of rotatable bonds is 6. The molecule has 0 unspecified atom stereocenters. The Balaban J connectivity index is 1.97. The molecule has 156 valence electrons. The quantitative estimate of drug-likeness (QED) is 0.744. The minimum Gasteiger partial charge on any atom is -0.495 e. The van der Waals surface area contributed by atoms with E-state index in [1.54, 1.807) is 12.0 Å². The highest BCUT2D eigenvalue weighted by atomic mass is 16.6. The van der Waals surface area contributed by atoms with Crippen LogP contribution in [0.25, 0.3) is 0 Å². The average molecular weight is 393 g/mol. The molecule has 0 radical (unpaired) electrons. The molecule has 2 rings (SSSR count). The van der Waals surface area contributed by atoms with Gasteiger partial charge in [-0.3, -0.25) is 4.79 Å². The first-order valence-corrected chi connectivity index (χ1v) is 9.45. The fourth-order valence-electron chi connectivity index (χ4n) is 2.91. The standard InChI is InChI=1S/C20H31N3O5/c1-20(2,3)28-19(25)23-12-10-22(11-13-23)15-6-7-17(26-4)16(14-15)21-9-8-18(24)27-5/h6-7,14,21H,8-13H2,1-5H3. The normalized spacial score (nSPS) is 14.5. The molecule has 0 spiro atoms. The number of carbonyl (C=O) groups excluding carboxylic acids is 2. The van der Waals surface area contributed by atoms with Crippen LogP contribution in [0.15, 0.2) is 18.2 Å². The Labute approximate surface area is 166 Å². The van der Waals surface area contributed by atoms with E-state index in [1.807, 2.05) is 39.0 Å². The summed E-state index contributed by atoms with van der Waals surface area (Å²) < 4.78 is 15.5. The summed E-state index contributed by atoms with van der Waals surface area (Å²) in [6.45, 7) is 8.70. The van der Waals surface area contributed by atoms with Crippen LogP contribution in [0.3, 0.4) is 0 Å². The number of amides is 1. The second-order valence-electron chi connectivity index (χ2n) is 7.59. The van der Waals surface area contributed by atoms with Crippen molar-refractivity contribution in [2.45, 2.75) is 32.8 Å². The maximum Gasteiger partial charge on any atom is 0.410 e. The zero-order valence-electron chi connectivity index (χ0n) is 17.4. The zero-order valence-corrected chi connectivity index (χ0v) is 17.4. The van der Waals surface area contributed by atoms with Crippen molar-refractivity contribution in [2.24, 2.45) is 0 Å².